The van der Waals surface area contributed by atoms with Gasteiger partial charge in [-0.15, -0.1) is 0 Å². The molecule has 1 saturated heterocycles. The molecular formula is C23H26FN5O. The number of aliphatic imine (C=N–C) groups is 1. The van der Waals surface area contributed by atoms with Gasteiger partial charge in [0.2, 0.25) is 5.91 Å². The minimum atomic E-state index is -0.368. The number of nitrogens with one attached hydrogen (secondary N) is 2. The van der Waals surface area contributed by atoms with Crippen LogP contribution in [0.25, 0.3) is 0 Å². The van der Waals surface area contributed by atoms with E-state index in [1.54, 1.807) is 7.05 Å². The molecule has 0 aromatic heterocycles. The predicted molar refractivity (Wildman–Crippen MR) is 114 cm³/mol. The van der Waals surface area contributed by atoms with Crippen LogP contribution in [0.1, 0.15) is 23.1 Å². The normalized spacial score (nSPS) is 16.4. The van der Waals surface area contributed by atoms with Gasteiger partial charge in [-0.2, -0.15) is 5.26 Å². The number of halogens is 1. The van der Waals surface area contributed by atoms with Crippen molar-refractivity contribution in [1.29, 1.82) is 5.26 Å². The summed E-state index contributed by atoms with van der Waals surface area (Å²) in [5.74, 6) is 0.542. The van der Waals surface area contributed by atoms with Crippen molar-refractivity contribution in [1.82, 2.24) is 15.5 Å². The molecule has 30 heavy (non-hydrogen) atoms. The van der Waals surface area contributed by atoms with E-state index in [9.17, 15) is 9.18 Å². The van der Waals surface area contributed by atoms with E-state index < -0.39 is 0 Å². The molecule has 0 bridgehead atoms. The van der Waals surface area contributed by atoms with Crippen molar-refractivity contribution < 1.29 is 9.18 Å². The summed E-state index contributed by atoms with van der Waals surface area (Å²) in [6.45, 7) is 2.26. The van der Waals surface area contributed by atoms with Crippen LogP contribution in [-0.4, -0.2) is 43.4 Å². The molecule has 7 heteroatoms. The highest BCUT2D eigenvalue weighted by molar-refractivity contribution is 5.80. The number of hydrogen-bond donors (Lipinski definition) is 2. The van der Waals surface area contributed by atoms with E-state index in [1.807, 2.05) is 29.2 Å². The minimum absolute atomic E-state index is 0.177. The number of benzene rings is 2. The zero-order chi connectivity index (χ0) is 21.3. The second-order valence-electron chi connectivity index (χ2n) is 7.37. The van der Waals surface area contributed by atoms with Crippen LogP contribution in [0.4, 0.5) is 4.39 Å². The molecule has 1 aliphatic heterocycles. The lowest BCUT2D eigenvalue weighted by Crippen LogP contribution is -2.40. The lowest BCUT2D eigenvalue weighted by Gasteiger charge is -2.18. The van der Waals surface area contributed by atoms with Crippen LogP contribution in [0.3, 0.4) is 0 Å². The van der Waals surface area contributed by atoms with Crippen molar-refractivity contribution >= 4 is 11.9 Å². The van der Waals surface area contributed by atoms with E-state index >= 15 is 0 Å². The summed E-state index contributed by atoms with van der Waals surface area (Å²) in [5.41, 5.74) is 2.04. The van der Waals surface area contributed by atoms with Crippen LogP contribution in [0, 0.1) is 23.1 Å². The van der Waals surface area contributed by atoms with E-state index in [-0.39, 0.29) is 24.2 Å². The van der Waals surface area contributed by atoms with E-state index in [1.165, 1.54) is 23.8 Å². The first kappa shape index (κ1) is 21.3. The summed E-state index contributed by atoms with van der Waals surface area (Å²) in [6.07, 6.45) is 1.36. The van der Waals surface area contributed by atoms with Gasteiger partial charge < -0.3 is 15.5 Å². The van der Waals surface area contributed by atoms with Gasteiger partial charge in [0.1, 0.15) is 5.82 Å². The fraction of sp³-hybridized carbons (Fsp3) is 0.348. The molecule has 2 aromatic carbocycles. The number of carbonyl (C=O) groups is 1. The topological polar surface area (TPSA) is 80.5 Å². The molecule has 1 fully saturated rings. The molecule has 2 N–H and O–H groups in total. The van der Waals surface area contributed by atoms with E-state index in [4.69, 9.17) is 5.26 Å². The van der Waals surface area contributed by atoms with Gasteiger partial charge in [-0.25, -0.2) is 4.39 Å². The Morgan fingerprint density at radius 1 is 1.27 bits per heavy atom. The van der Waals surface area contributed by atoms with Crippen molar-refractivity contribution in [2.45, 2.75) is 19.4 Å². The maximum absolute atomic E-state index is 13.9. The first-order chi connectivity index (χ1) is 14.6. The van der Waals surface area contributed by atoms with Gasteiger partial charge in [-0.05, 0) is 30.2 Å². The summed E-state index contributed by atoms with van der Waals surface area (Å²) in [5, 5.41) is 15.2. The fourth-order valence-corrected chi connectivity index (χ4v) is 3.54. The number of guanidine groups is 1. The van der Waals surface area contributed by atoms with E-state index in [2.05, 4.69) is 27.8 Å². The monoisotopic (exact) mass is 407 g/mol. The molecule has 6 nitrogen and oxygen atoms in total. The lowest BCUT2D eigenvalue weighted by atomic mass is 10.1. The standard InChI is InChI=1S/C23H26FN5O/c1-26-23(28-15-20-11-18(13-25)7-8-21(20)24)27-14-19-12-22(30)29(16-19)10-9-17-5-3-2-4-6-17/h2-8,11,19H,9-10,12,14-16H2,1H3,(H2,26,27,28). The highest BCUT2D eigenvalue weighted by Crippen LogP contribution is 2.17. The molecule has 0 spiro atoms. The molecule has 1 aliphatic rings. The van der Waals surface area contributed by atoms with Crippen molar-refractivity contribution in [3.63, 3.8) is 0 Å². The predicted octanol–water partition coefficient (Wildman–Crippen LogP) is 2.45. The number of nitriles is 1. The third-order valence-corrected chi connectivity index (χ3v) is 5.21. The zero-order valence-corrected chi connectivity index (χ0v) is 17.1. The van der Waals surface area contributed by atoms with Crippen LogP contribution in [-0.2, 0) is 17.8 Å². The first-order valence-corrected chi connectivity index (χ1v) is 10.0. The van der Waals surface area contributed by atoms with Crippen LogP contribution >= 0.6 is 0 Å². The smallest absolute Gasteiger partial charge is 0.223 e. The summed E-state index contributed by atoms with van der Waals surface area (Å²) >= 11 is 0. The SMILES string of the molecule is CN=C(NCc1cc(C#N)ccc1F)NCC1CC(=O)N(CCc2ccccc2)C1. The van der Waals surface area contributed by atoms with Crippen molar-refractivity contribution in [3.05, 3.63) is 71.0 Å². The first-order valence-electron chi connectivity index (χ1n) is 10.0. The molecule has 1 amide bonds. The molecular weight excluding hydrogens is 381 g/mol. The maximum Gasteiger partial charge on any atom is 0.223 e. The van der Waals surface area contributed by atoms with Crippen LogP contribution in [0.15, 0.2) is 53.5 Å². The number of rotatable bonds is 7. The second-order valence-corrected chi connectivity index (χ2v) is 7.37. The number of likely N-dealkylation sites (tertiary alicyclic amines) is 1. The van der Waals surface area contributed by atoms with Crippen LogP contribution in [0.5, 0.6) is 0 Å². The Kier molecular flexibility index (Phi) is 7.39. The average molecular weight is 407 g/mol. The molecule has 2 aromatic rings. The Hall–Kier alpha value is -3.40. The van der Waals surface area contributed by atoms with Crippen LogP contribution in [0.2, 0.25) is 0 Å². The molecule has 0 saturated carbocycles. The Bertz CT molecular complexity index is 938. The maximum atomic E-state index is 13.9. The average Bonchev–Trinajstić information content (AvgIpc) is 3.13. The van der Waals surface area contributed by atoms with Crippen molar-refractivity contribution in [2.75, 3.05) is 26.7 Å². The van der Waals surface area contributed by atoms with Gasteiger partial charge >= 0.3 is 0 Å². The fourth-order valence-electron chi connectivity index (χ4n) is 3.54. The Morgan fingerprint density at radius 2 is 2.07 bits per heavy atom. The second kappa shape index (κ2) is 10.4. The summed E-state index contributed by atoms with van der Waals surface area (Å²) in [4.78, 5) is 18.4. The number of hydrogen-bond acceptors (Lipinski definition) is 3. The molecule has 3 rings (SSSR count). The summed E-state index contributed by atoms with van der Waals surface area (Å²) in [6, 6.07) is 16.4. The van der Waals surface area contributed by atoms with E-state index in [0.717, 1.165) is 13.0 Å². The summed E-state index contributed by atoms with van der Waals surface area (Å²) < 4.78 is 13.9. The molecule has 1 atom stereocenters. The largest absolute Gasteiger partial charge is 0.356 e. The Balaban J connectivity index is 1.45. The Labute approximate surface area is 176 Å². The molecule has 1 unspecified atom stereocenters. The van der Waals surface area contributed by atoms with Crippen molar-refractivity contribution in [2.24, 2.45) is 10.9 Å². The lowest BCUT2D eigenvalue weighted by molar-refractivity contribution is -0.127. The van der Waals surface area contributed by atoms with Gasteiger partial charge in [0.05, 0.1) is 11.6 Å². The van der Waals surface area contributed by atoms with Gasteiger partial charge in [0.25, 0.3) is 0 Å². The van der Waals surface area contributed by atoms with Gasteiger partial charge in [0.15, 0.2) is 5.96 Å². The van der Waals surface area contributed by atoms with Gasteiger partial charge in [0, 0.05) is 51.1 Å². The van der Waals surface area contributed by atoms with Crippen LogP contribution < -0.4 is 10.6 Å². The van der Waals surface area contributed by atoms with Crippen molar-refractivity contribution in [3.8, 4) is 6.07 Å². The number of amides is 1. The third kappa shape index (κ3) is 5.80. The quantitative estimate of drug-likeness (QED) is 0.546. The highest BCUT2D eigenvalue weighted by atomic mass is 19.1. The summed E-state index contributed by atoms with van der Waals surface area (Å²) in [7, 11) is 1.64. The molecule has 0 aliphatic carbocycles. The molecule has 156 valence electrons. The number of nitrogens with zero attached hydrogens (tertiary/aromatic N) is 3. The van der Waals surface area contributed by atoms with E-state index in [0.29, 0.717) is 36.6 Å². The third-order valence-electron chi connectivity index (χ3n) is 5.21. The minimum Gasteiger partial charge on any atom is -0.356 e. The Morgan fingerprint density at radius 3 is 2.80 bits per heavy atom. The molecule has 0 radical (unpaired) electrons. The zero-order valence-electron chi connectivity index (χ0n) is 17.1. The van der Waals surface area contributed by atoms with Gasteiger partial charge in [-0.3, -0.25) is 9.79 Å². The van der Waals surface area contributed by atoms with Gasteiger partial charge in [-0.1, -0.05) is 30.3 Å². The number of carbonyl (C=O) groups excluding carboxylic acids is 1. The highest BCUT2D eigenvalue weighted by Gasteiger charge is 2.29. The molecule has 1 heterocycles.